The molecule has 0 saturated heterocycles. The average Bonchev–Trinajstić information content (AvgIpc) is 3.15. The normalized spacial score (nSPS) is 12.7. The molecule has 6 rings (SSSR count). The highest BCUT2D eigenvalue weighted by Crippen LogP contribution is 2.50. The van der Waals surface area contributed by atoms with Crippen LogP contribution in [0, 0.1) is 0 Å². The van der Waals surface area contributed by atoms with E-state index in [1.807, 2.05) is 0 Å². The summed E-state index contributed by atoms with van der Waals surface area (Å²) in [5.74, 6) is 0. The molecule has 0 saturated carbocycles. The summed E-state index contributed by atoms with van der Waals surface area (Å²) in [4.78, 5) is 4.67. The van der Waals surface area contributed by atoms with Gasteiger partial charge in [-0.25, -0.2) is 0 Å². The Balaban J connectivity index is 1.63. The van der Waals surface area contributed by atoms with Gasteiger partial charge in [-0.2, -0.15) is 0 Å². The minimum Gasteiger partial charge on any atom is -0.309 e. The summed E-state index contributed by atoms with van der Waals surface area (Å²) in [6.45, 7) is 34.0. The van der Waals surface area contributed by atoms with E-state index in [1.54, 1.807) is 0 Å². The lowest BCUT2D eigenvalue weighted by atomic mass is 9.83. The third-order valence-electron chi connectivity index (χ3n) is 11.6. The average molecular weight is 804 g/mol. The largest absolute Gasteiger partial charge is 0.309 e. The standard InChI is InChI=1S/C56H67ClN2/c1-52(2,3)39-21-19-38(20-22-39)47-37-43(56(13,14)15)29-36-48(47)59(46-34-27-42(28-35-46)55(10,11)12)50-18-16-17-49(51(50)57)58(44-30-23-40(24-31-44)53(4,5)6)45-32-25-41(26-33-45)54(7,8)9/h16-37H,1-15H3. The molecule has 0 aliphatic carbocycles. The second-order valence-electron chi connectivity index (χ2n) is 21.5. The van der Waals surface area contributed by atoms with Gasteiger partial charge in [-0.15, -0.1) is 0 Å². The van der Waals surface area contributed by atoms with E-state index >= 15 is 0 Å². The zero-order chi connectivity index (χ0) is 43.3. The monoisotopic (exact) mass is 802 g/mol. The third kappa shape index (κ3) is 9.66. The molecule has 2 nitrogen and oxygen atoms in total. The van der Waals surface area contributed by atoms with E-state index in [1.165, 1.54) is 33.4 Å². The quantitative estimate of drug-likeness (QED) is 0.159. The number of hydrogen-bond acceptors (Lipinski definition) is 2. The van der Waals surface area contributed by atoms with Crippen molar-refractivity contribution in [2.24, 2.45) is 0 Å². The van der Waals surface area contributed by atoms with E-state index in [4.69, 9.17) is 11.6 Å². The number of rotatable bonds is 7. The van der Waals surface area contributed by atoms with Crippen LogP contribution in [-0.4, -0.2) is 0 Å². The Bertz CT molecular complexity index is 2310. The van der Waals surface area contributed by atoms with Crippen LogP contribution in [0.15, 0.2) is 133 Å². The highest BCUT2D eigenvalue weighted by atomic mass is 35.5. The second kappa shape index (κ2) is 16.0. The van der Waals surface area contributed by atoms with Crippen LogP contribution < -0.4 is 9.80 Å². The first-order valence-electron chi connectivity index (χ1n) is 21.3. The van der Waals surface area contributed by atoms with E-state index < -0.39 is 0 Å². The van der Waals surface area contributed by atoms with Gasteiger partial charge in [-0.3, -0.25) is 0 Å². The number of anilines is 6. The van der Waals surface area contributed by atoms with Gasteiger partial charge in [0, 0.05) is 22.6 Å². The Morgan fingerprint density at radius 1 is 0.322 bits per heavy atom. The molecular formula is C56H67ClN2. The summed E-state index contributed by atoms with van der Waals surface area (Å²) in [5, 5.41) is 0.668. The topological polar surface area (TPSA) is 6.48 Å². The first kappa shape index (κ1) is 43.8. The lowest BCUT2D eigenvalue weighted by molar-refractivity contribution is 0.590. The van der Waals surface area contributed by atoms with E-state index in [0.717, 1.165) is 39.7 Å². The Morgan fingerprint density at radius 2 is 0.627 bits per heavy atom. The minimum absolute atomic E-state index is 0.0147. The maximum absolute atomic E-state index is 7.90. The summed E-state index contributed by atoms with van der Waals surface area (Å²) >= 11 is 7.90. The molecule has 0 fully saturated rings. The van der Waals surface area contributed by atoms with Crippen molar-refractivity contribution in [2.45, 2.75) is 131 Å². The maximum atomic E-state index is 7.90. The van der Waals surface area contributed by atoms with Crippen LogP contribution in [0.4, 0.5) is 34.1 Å². The van der Waals surface area contributed by atoms with E-state index in [-0.39, 0.29) is 27.1 Å². The van der Waals surface area contributed by atoms with Crippen molar-refractivity contribution in [3.05, 3.63) is 166 Å². The predicted molar refractivity (Wildman–Crippen MR) is 260 cm³/mol. The summed E-state index contributed by atoms with van der Waals surface area (Å²) in [7, 11) is 0. The third-order valence-corrected chi connectivity index (χ3v) is 12.0. The first-order valence-corrected chi connectivity index (χ1v) is 21.7. The van der Waals surface area contributed by atoms with Crippen LogP contribution in [-0.2, 0) is 27.1 Å². The Labute approximate surface area is 362 Å². The molecule has 3 heteroatoms. The highest BCUT2D eigenvalue weighted by Gasteiger charge is 2.27. The molecule has 59 heavy (non-hydrogen) atoms. The van der Waals surface area contributed by atoms with Gasteiger partial charge in [0.2, 0.25) is 0 Å². The SMILES string of the molecule is CC(C)(C)c1ccc(-c2cc(C(C)(C)C)ccc2N(c2ccc(C(C)(C)C)cc2)c2cccc(N(c3ccc(C(C)(C)C)cc3)c3ccc(C(C)(C)C)cc3)c2Cl)cc1. The number of benzene rings is 6. The van der Waals surface area contributed by atoms with Crippen LogP contribution >= 0.6 is 11.6 Å². The van der Waals surface area contributed by atoms with E-state index in [2.05, 4.69) is 247 Å². The smallest absolute Gasteiger partial charge is 0.0887 e. The Kier molecular flexibility index (Phi) is 11.9. The lowest BCUT2D eigenvalue weighted by Crippen LogP contribution is -2.17. The van der Waals surface area contributed by atoms with Gasteiger partial charge in [0.15, 0.2) is 0 Å². The van der Waals surface area contributed by atoms with Crippen LogP contribution in [0.5, 0.6) is 0 Å². The molecule has 6 aromatic rings. The fourth-order valence-electron chi connectivity index (χ4n) is 7.60. The molecule has 6 aromatic carbocycles. The first-order chi connectivity index (χ1) is 27.3. The Morgan fingerprint density at radius 3 is 0.983 bits per heavy atom. The van der Waals surface area contributed by atoms with Gasteiger partial charge in [-0.05, 0) is 121 Å². The van der Waals surface area contributed by atoms with Crippen molar-refractivity contribution in [1.29, 1.82) is 0 Å². The van der Waals surface area contributed by atoms with Crippen molar-refractivity contribution in [1.82, 2.24) is 0 Å². The maximum Gasteiger partial charge on any atom is 0.0887 e. The van der Waals surface area contributed by atoms with Gasteiger partial charge in [0.25, 0.3) is 0 Å². The number of halogens is 1. The van der Waals surface area contributed by atoms with Crippen LogP contribution in [0.3, 0.4) is 0 Å². The minimum atomic E-state index is -0.0407. The van der Waals surface area contributed by atoms with Crippen molar-refractivity contribution < 1.29 is 0 Å². The van der Waals surface area contributed by atoms with E-state index in [0.29, 0.717) is 5.02 Å². The van der Waals surface area contributed by atoms with Crippen molar-refractivity contribution in [3.8, 4) is 11.1 Å². The zero-order valence-corrected chi connectivity index (χ0v) is 39.2. The number of hydrogen-bond donors (Lipinski definition) is 0. The molecule has 0 aromatic heterocycles. The molecule has 0 amide bonds. The van der Waals surface area contributed by atoms with Gasteiger partial charge < -0.3 is 9.80 Å². The summed E-state index contributed by atoms with van der Waals surface area (Å²) < 4.78 is 0. The van der Waals surface area contributed by atoms with Gasteiger partial charge in [-0.1, -0.05) is 188 Å². The fourth-order valence-corrected chi connectivity index (χ4v) is 7.89. The molecule has 0 N–H and O–H groups in total. The van der Waals surface area contributed by atoms with Gasteiger partial charge in [0.05, 0.1) is 22.1 Å². The number of nitrogens with zero attached hydrogens (tertiary/aromatic N) is 2. The van der Waals surface area contributed by atoms with Crippen LogP contribution in [0.2, 0.25) is 5.02 Å². The van der Waals surface area contributed by atoms with Crippen molar-refractivity contribution in [3.63, 3.8) is 0 Å². The van der Waals surface area contributed by atoms with Crippen molar-refractivity contribution in [2.75, 3.05) is 9.80 Å². The lowest BCUT2D eigenvalue weighted by Gasteiger charge is -2.33. The van der Waals surface area contributed by atoms with Crippen LogP contribution in [0.25, 0.3) is 11.1 Å². The molecular weight excluding hydrogens is 736 g/mol. The molecule has 0 radical (unpaired) electrons. The Hall–Kier alpha value is -4.79. The van der Waals surface area contributed by atoms with Crippen LogP contribution in [0.1, 0.15) is 132 Å². The molecule has 0 bridgehead atoms. The molecule has 0 unspecified atom stereocenters. The summed E-state index contributed by atoms with van der Waals surface area (Å²) in [6, 6.07) is 49.5. The van der Waals surface area contributed by atoms with Gasteiger partial charge in [0.1, 0.15) is 0 Å². The molecule has 0 heterocycles. The summed E-state index contributed by atoms with van der Waals surface area (Å²) in [6.07, 6.45) is 0. The highest BCUT2D eigenvalue weighted by molar-refractivity contribution is 6.36. The zero-order valence-electron chi connectivity index (χ0n) is 38.5. The molecule has 308 valence electrons. The fraction of sp³-hybridized carbons (Fsp3) is 0.357. The summed E-state index contributed by atoms with van der Waals surface area (Å²) in [5.41, 5.74) is 14.9. The van der Waals surface area contributed by atoms with Crippen molar-refractivity contribution >= 4 is 45.7 Å². The second-order valence-corrected chi connectivity index (χ2v) is 21.9. The predicted octanol–water partition coefficient (Wildman–Crippen LogP) is 17.4. The van der Waals surface area contributed by atoms with Gasteiger partial charge >= 0.3 is 0 Å². The molecule has 0 spiro atoms. The molecule has 0 aliphatic heterocycles. The molecule has 0 aliphatic rings. The van der Waals surface area contributed by atoms with E-state index in [9.17, 15) is 0 Å². The molecule has 0 atom stereocenters.